The number of hydrogen-bond donors (Lipinski definition) is 0. The Morgan fingerprint density at radius 2 is 2.08 bits per heavy atom. The molecule has 1 aliphatic heterocycles. The van der Waals surface area contributed by atoms with Crippen LogP contribution in [0.3, 0.4) is 0 Å². The van der Waals surface area contributed by atoms with Crippen LogP contribution in [0.15, 0.2) is 24.3 Å². The fourth-order valence-electron chi connectivity index (χ4n) is 3.29. The number of anilines is 1. The van der Waals surface area contributed by atoms with Gasteiger partial charge in [-0.3, -0.25) is 9.10 Å². The maximum Gasteiger partial charge on any atom is 0.232 e. The lowest BCUT2D eigenvalue weighted by molar-refractivity contribution is -0.134. The summed E-state index contributed by atoms with van der Waals surface area (Å²) in [6.07, 6.45) is 4.16. The molecule has 1 aromatic carbocycles. The van der Waals surface area contributed by atoms with Crippen LogP contribution in [0.1, 0.15) is 39.5 Å². The van der Waals surface area contributed by atoms with Gasteiger partial charge in [0.05, 0.1) is 11.9 Å². The molecule has 1 aliphatic rings. The molecule has 1 heterocycles. The largest absolute Gasteiger partial charge is 0.342 e. The summed E-state index contributed by atoms with van der Waals surface area (Å²) in [5.74, 6) is 0.104. The van der Waals surface area contributed by atoms with E-state index in [0.717, 1.165) is 25.9 Å². The Balaban J connectivity index is 1.96. The Labute approximate surface area is 156 Å². The minimum absolute atomic E-state index is 0.104. The highest BCUT2D eigenvalue weighted by atomic mass is 35.5. The van der Waals surface area contributed by atoms with Gasteiger partial charge in [0, 0.05) is 31.1 Å². The van der Waals surface area contributed by atoms with Crippen molar-refractivity contribution < 1.29 is 13.2 Å². The third-order valence-corrected chi connectivity index (χ3v) is 5.93. The molecule has 0 saturated carbocycles. The molecule has 25 heavy (non-hydrogen) atoms. The van der Waals surface area contributed by atoms with Crippen molar-refractivity contribution in [3.05, 3.63) is 29.3 Å². The van der Waals surface area contributed by atoms with E-state index in [1.54, 1.807) is 24.3 Å². The average molecular weight is 387 g/mol. The van der Waals surface area contributed by atoms with Gasteiger partial charge >= 0.3 is 0 Å². The second-order valence-corrected chi connectivity index (χ2v) is 9.84. The molecule has 0 atom stereocenters. The number of carbonyl (C=O) groups excluding carboxylic acids is 1. The zero-order valence-corrected chi connectivity index (χ0v) is 16.7. The first-order valence-electron chi connectivity index (χ1n) is 8.60. The number of piperidine rings is 1. The number of hydrogen-bond acceptors (Lipinski definition) is 3. The first-order chi connectivity index (χ1) is 11.6. The summed E-state index contributed by atoms with van der Waals surface area (Å²) in [6, 6.07) is 6.75. The van der Waals surface area contributed by atoms with Gasteiger partial charge in [0.25, 0.3) is 0 Å². The first kappa shape index (κ1) is 20.0. The third kappa shape index (κ3) is 5.89. The summed E-state index contributed by atoms with van der Waals surface area (Å²) in [5.41, 5.74) is 0.689. The zero-order chi connectivity index (χ0) is 18.7. The van der Waals surface area contributed by atoms with Crippen LogP contribution in [0.5, 0.6) is 0 Å². The molecule has 0 spiro atoms. The van der Waals surface area contributed by atoms with E-state index in [1.807, 2.05) is 4.90 Å². The second-order valence-electron chi connectivity index (χ2n) is 7.50. The van der Waals surface area contributed by atoms with Gasteiger partial charge in [-0.05, 0) is 42.9 Å². The fraction of sp³-hybridized carbons (Fsp3) is 0.611. The normalized spacial score (nSPS) is 17.4. The summed E-state index contributed by atoms with van der Waals surface area (Å²) in [6.45, 7) is 6.19. The molecule has 0 aromatic heterocycles. The lowest BCUT2D eigenvalue weighted by Crippen LogP contribution is -2.43. The second kappa shape index (κ2) is 7.96. The molecule has 1 aromatic rings. The van der Waals surface area contributed by atoms with Gasteiger partial charge in [-0.1, -0.05) is 31.5 Å². The third-order valence-electron chi connectivity index (χ3n) is 4.50. The number of nitrogens with zero attached hydrogens (tertiary/aromatic N) is 2. The van der Waals surface area contributed by atoms with Crippen molar-refractivity contribution in [2.24, 2.45) is 5.41 Å². The van der Waals surface area contributed by atoms with Gasteiger partial charge in [0.1, 0.15) is 0 Å². The lowest BCUT2D eigenvalue weighted by atomic mass is 9.84. The van der Waals surface area contributed by atoms with Crippen LogP contribution >= 0.6 is 11.6 Å². The van der Waals surface area contributed by atoms with Crippen LogP contribution in [-0.2, 0) is 14.8 Å². The van der Waals surface area contributed by atoms with E-state index >= 15 is 0 Å². The van der Waals surface area contributed by atoms with E-state index in [9.17, 15) is 13.2 Å². The van der Waals surface area contributed by atoms with Crippen molar-refractivity contribution in [2.45, 2.75) is 39.5 Å². The van der Waals surface area contributed by atoms with Crippen molar-refractivity contribution in [1.82, 2.24) is 4.90 Å². The van der Waals surface area contributed by atoms with Gasteiger partial charge in [-0.15, -0.1) is 0 Å². The van der Waals surface area contributed by atoms with E-state index in [-0.39, 0.29) is 17.9 Å². The topological polar surface area (TPSA) is 57.7 Å². The predicted molar refractivity (Wildman–Crippen MR) is 102 cm³/mol. The molecular formula is C18H27ClN2O3S. The number of likely N-dealkylation sites (tertiary alicyclic amines) is 1. The van der Waals surface area contributed by atoms with E-state index in [0.29, 0.717) is 23.6 Å². The minimum atomic E-state index is -3.43. The van der Waals surface area contributed by atoms with Crippen molar-refractivity contribution in [3.8, 4) is 0 Å². The van der Waals surface area contributed by atoms with Gasteiger partial charge in [0.15, 0.2) is 0 Å². The van der Waals surface area contributed by atoms with Crippen LogP contribution < -0.4 is 4.31 Å². The summed E-state index contributed by atoms with van der Waals surface area (Å²) < 4.78 is 25.5. The molecule has 1 fully saturated rings. The molecule has 0 bridgehead atoms. The lowest BCUT2D eigenvalue weighted by Gasteiger charge is -2.38. The molecule has 1 saturated heterocycles. The van der Waals surface area contributed by atoms with Gasteiger partial charge < -0.3 is 4.90 Å². The number of carbonyl (C=O) groups is 1. The van der Waals surface area contributed by atoms with Crippen LogP contribution in [0, 0.1) is 5.41 Å². The summed E-state index contributed by atoms with van der Waals surface area (Å²) in [5, 5.41) is 0.484. The fourth-order valence-corrected chi connectivity index (χ4v) is 4.43. The first-order valence-corrected chi connectivity index (χ1v) is 10.8. The highest BCUT2D eigenvalue weighted by Gasteiger charge is 2.29. The molecular weight excluding hydrogens is 360 g/mol. The maximum atomic E-state index is 12.4. The van der Waals surface area contributed by atoms with Crippen molar-refractivity contribution in [2.75, 3.05) is 30.2 Å². The van der Waals surface area contributed by atoms with Gasteiger partial charge in [-0.25, -0.2) is 8.42 Å². The van der Waals surface area contributed by atoms with Crippen molar-refractivity contribution in [3.63, 3.8) is 0 Å². The quantitative estimate of drug-likeness (QED) is 0.751. The van der Waals surface area contributed by atoms with Crippen LogP contribution in [0.4, 0.5) is 5.69 Å². The summed E-state index contributed by atoms with van der Waals surface area (Å²) in [7, 11) is -3.43. The Morgan fingerprint density at radius 3 is 2.68 bits per heavy atom. The average Bonchev–Trinajstić information content (AvgIpc) is 2.49. The predicted octanol–water partition coefficient (Wildman–Crippen LogP) is 3.53. The van der Waals surface area contributed by atoms with E-state index in [2.05, 4.69) is 13.8 Å². The van der Waals surface area contributed by atoms with E-state index in [4.69, 9.17) is 11.6 Å². The molecule has 1 amide bonds. The SMILES string of the molecule is CC1(C)CCCN(C(=O)CCCN(c2cccc(Cl)c2)S(C)(=O)=O)C1. The molecule has 0 unspecified atom stereocenters. The van der Waals surface area contributed by atoms with Gasteiger partial charge in [-0.2, -0.15) is 0 Å². The smallest absolute Gasteiger partial charge is 0.232 e. The molecule has 2 rings (SSSR count). The molecule has 0 radical (unpaired) electrons. The Morgan fingerprint density at radius 1 is 1.36 bits per heavy atom. The minimum Gasteiger partial charge on any atom is -0.342 e. The van der Waals surface area contributed by atoms with Gasteiger partial charge in [0.2, 0.25) is 15.9 Å². The molecule has 0 aliphatic carbocycles. The van der Waals surface area contributed by atoms with Crippen LogP contribution in [0.2, 0.25) is 5.02 Å². The number of benzene rings is 1. The summed E-state index contributed by atoms with van der Waals surface area (Å²) in [4.78, 5) is 14.4. The number of rotatable bonds is 6. The summed E-state index contributed by atoms with van der Waals surface area (Å²) >= 11 is 5.97. The maximum absolute atomic E-state index is 12.4. The van der Waals surface area contributed by atoms with E-state index < -0.39 is 10.0 Å². The highest BCUT2D eigenvalue weighted by molar-refractivity contribution is 7.92. The zero-order valence-electron chi connectivity index (χ0n) is 15.2. The molecule has 140 valence electrons. The Bertz CT molecular complexity index is 719. The Hall–Kier alpha value is -1.27. The number of halogens is 1. The standard InChI is InChI=1S/C18H27ClN2O3S/c1-18(2)10-6-11-20(14-18)17(22)9-5-12-21(25(3,23)24)16-8-4-7-15(19)13-16/h4,7-8,13H,5-6,9-12,14H2,1-3H3. The molecule has 5 nitrogen and oxygen atoms in total. The monoisotopic (exact) mass is 386 g/mol. The van der Waals surface area contributed by atoms with Crippen molar-refractivity contribution in [1.29, 1.82) is 0 Å². The Kier molecular flexibility index (Phi) is 6.38. The van der Waals surface area contributed by atoms with Crippen LogP contribution in [0.25, 0.3) is 0 Å². The van der Waals surface area contributed by atoms with Crippen molar-refractivity contribution >= 4 is 33.2 Å². The van der Waals surface area contributed by atoms with Crippen LogP contribution in [-0.4, -0.2) is 45.1 Å². The number of amides is 1. The molecule has 0 N–H and O–H groups in total. The van der Waals surface area contributed by atoms with E-state index in [1.165, 1.54) is 10.6 Å². The number of sulfonamides is 1. The molecule has 7 heteroatoms. The highest BCUT2D eigenvalue weighted by Crippen LogP contribution is 2.29.